The van der Waals surface area contributed by atoms with Crippen molar-refractivity contribution in [2.24, 2.45) is 0 Å². The van der Waals surface area contributed by atoms with E-state index in [0.29, 0.717) is 10.6 Å². The second-order valence-electron chi connectivity index (χ2n) is 12.5. The van der Waals surface area contributed by atoms with E-state index in [4.69, 9.17) is 21.3 Å². The first-order valence-electron chi connectivity index (χ1n) is 15.1. The van der Waals surface area contributed by atoms with Gasteiger partial charge in [0.15, 0.2) is 0 Å². The van der Waals surface area contributed by atoms with Crippen molar-refractivity contribution in [2.45, 2.75) is 77.4 Å². The highest BCUT2D eigenvalue weighted by Gasteiger charge is 2.39. The lowest BCUT2D eigenvalue weighted by Gasteiger charge is -2.41. The minimum Gasteiger partial charge on any atom is -0.460 e. The molecule has 7 heteroatoms. The summed E-state index contributed by atoms with van der Waals surface area (Å²) in [4.78, 5) is 32.5. The molecule has 228 valence electrons. The standard InChI is InChI=1S/C37H38BrClN2O3/c1-24-33(29-23-27(38)15-19-31(29)40-34(24)26-11-7-5-8-12-26)35(43)41-37(21-9-6-10-22-37)30(25-13-16-28(39)17-14-25)18-20-32(42)44-36(2,3)4/h5,7-8,11-19,23H,6,9-10,20-22H2,1-4H3,(H,41,43)/b30-18-. The Morgan fingerprint density at radius 3 is 2.34 bits per heavy atom. The highest BCUT2D eigenvalue weighted by molar-refractivity contribution is 9.10. The van der Waals surface area contributed by atoms with Gasteiger partial charge >= 0.3 is 5.97 Å². The summed E-state index contributed by atoms with van der Waals surface area (Å²) in [5, 5.41) is 4.94. The minimum absolute atomic E-state index is 0.0924. The molecule has 3 aromatic carbocycles. The van der Waals surface area contributed by atoms with Gasteiger partial charge in [0, 0.05) is 20.4 Å². The quantitative estimate of drug-likeness (QED) is 0.198. The van der Waals surface area contributed by atoms with E-state index < -0.39 is 11.1 Å². The highest BCUT2D eigenvalue weighted by atomic mass is 79.9. The molecule has 0 saturated heterocycles. The van der Waals surface area contributed by atoms with Crippen LogP contribution in [-0.2, 0) is 9.53 Å². The summed E-state index contributed by atoms with van der Waals surface area (Å²) >= 11 is 9.88. The third-order valence-corrected chi connectivity index (χ3v) is 8.83. The van der Waals surface area contributed by atoms with Crippen LogP contribution in [0, 0.1) is 6.92 Å². The van der Waals surface area contributed by atoms with Crippen LogP contribution in [0.1, 0.15) is 80.8 Å². The van der Waals surface area contributed by atoms with E-state index in [2.05, 4.69) is 21.2 Å². The average Bonchev–Trinajstić information content (AvgIpc) is 2.98. The van der Waals surface area contributed by atoms with Gasteiger partial charge in [-0.05, 0) is 87.6 Å². The Bertz CT molecular complexity index is 1700. The topological polar surface area (TPSA) is 68.3 Å². The van der Waals surface area contributed by atoms with Gasteiger partial charge < -0.3 is 10.1 Å². The van der Waals surface area contributed by atoms with Crippen LogP contribution in [0.5, 0.6) is 0 Å². The lowest BCUT2D eigenvalue weighted by atomic mass is 9.73. The third-order valence-electron chi connectivity index (χ3n) is 8.09. The Morgan fingerprint density at radius 2 is 1.68 bits per heavy atom. The number of carbonyl (C=O) groups excluding carboxylic acids is 2. The van der Waals surface area contributed by atoms with Gasteiger partial charge in [0.05, 0.1) is 28.7 Å². The second kappa shape index (κ2) is 13.3. The normalized spacial score (nSPS) is 15.2. The van der Waals surface area contributed by atoms with Crippen LogP contribution < -0.4 is 5.32 Å². The first kappa shape index (κ1) is 31.9. The van der Waals surface area contributed by atoms with Crippen molar-refractivity contribution in [1.29, 1.82) is 0 Å². The number of carbonyl (C=O) groups is 2. The molecule has 0 atom stereocenters. The zero-order chi connectivity index (χ0) is 31.5. The molecule has 0 radical (unpaired) electrons. The van der Waals surface area contributed by atoms with Gasteiger partial charge in [0.1, 0.15) is 5.60 Å². The maximum Gasteiger partial charge on any atom is 0.310 e. The van der Waals surface area contributed by atoms with Crippen molar-refractivity contribution in [3.8, 4) is 11.3 Å². The Balaban J connectivity index is 1.63. The number of ether oxygens (including phenoxy) is 1. The van der Waals surface area contributed by atoms with E-state index >= 15 is 0 Å². The molecule has 0 aliphatic heterocycles. The van der Waals surface area contributed by atoms with E-state index in [1.54, 1.807) is 0 Å². The molecule has 1 heterocycles. The lowest BCUT2D eigenvalue weighted by Crippen LogP contribution is -2.51. The Morgan fingerprint density at radius 1 is 1.00 bits per heavy atom. The smallest absolute Gasteiger partial charge is 0.310 e. The number of benzene rings is 3. The molecule has 1 amide bonds. The summed E-state index contributed by atoms with van der Waals surface area (Å²) in [7, 11) is 0. The molecule has 0 bridgehead atoms. The molecule has 5 rings (SSSR count). The predicted octanol–water partition coefficient (Wildman–Crippen LogP) is 9.87. The van der Waals surface area contributed by atoms with E-state index in [1.165, 1.54) is 0 Å². The van der Waals surface area contributed by atoms with Crippen LogP contribution in [0.2, 0.25) is 5.02 Å². The van der Waals surface area contributed by atoms with Crippen LogP contribution in [0.3, 0.4) is 0 Å². The van der Waals surface area contributed by atoms with Crippen LogP contribution >= 0.6 is 27.5 Å². The SMILES string of the molecule is Cc1c(-c2ccccc2)nc2ccc(Br)cc2c1C(=O)NC1(/C(=C\CC(=O)OC(C)(C)C)c2ccc(Cl)cc2)CCCCC1. The van der Waals surface area contributed by atoms with Crippen molar-refractivity contribution >= 4 is 55.9 Å². The zero-order valence-corrected chi connectivity index (χ0v) is 28.0. The Kier molecular flexibility index (Phi) is 9.62. The van der Waals surface area contributed by atoms with Crippen LogP contribution in [-0.4, -0.2) is 28.0 Å². The van der Waals surface area contributed by atoms with E-state index in [9.17, 15) is 9.59 Å². The number of pyridine rings is 1. The molecule has 1 aliphatic rings. The number of amides is 1. The largest absolute Gasteiger partial charge is 0.460 e. The molecule has 1 aliphatic carbocycles. The van der Waals surface area contributed by atoms with E-state index in [1.807, 2.05) is 107 Å². The molecule has 1 fully saturated rings. The summed E-state index contributed by atoms with van der Waals surface area (Å²) in [6.45, 7) is 7.56. The predicted molar refractivity (Wildman–Crippen MR) is 183 cm³/mol. The van der Waals surface area contributed by atoms with Crippen molar-refractivity contribution in [2.75, 3.05) is 0 Å². The fourth-order valence-electron chi connectivity index (χ4n) is 6.18. The monoisotopic (exact) mass is 672 g/mol. The van der Waals surface area contributed by atoms with Gasteiger partial charge in [-0.15, -0.1) is 0 Å². The lowest BCUT2D eigenvalue weighted by molar-refractivity contribution is -0.153. The number of aromatic nitrogens is 1. The van der Waals surface area contributed by atoms with Crippen molar-refractivity contribution in [3.05, 3.63) is 105 Å². The van der Waals surface area contributed by atoms with Crippen molar-refractivity contribution < 1.29 is 14.3 Å². The molecule has 1 aromatic heterocycles. The maximum atomic E-state index is 14.7. The van der Waals surface area contributed by atoms with Gasteiger partial charge in [-0.3, -0.25) is 9.59 Å². The molecule has 1 saturated carbocycles. The highest BCUT2D eigenvalue weighted by Crippen LogP contribution is 2.41. The van der Waals surface area contributed by atoms with Crippen LogP contribution in [0.15, 0.2) is 83.3 Å². The van der Waals surface area contributed by atoms with Gasteiger partial charge in [-0.25, -0.2) is 4.98 Å². The number of nitrogens with zero attached hydrogens (tertiary/aromatic N) is 1. The minimum atomic E-state index is -0.688. The number of esters is 1. The third kappa shape index (κ3) is 7.24. The zero-order valence-electron chi connectivity index (χ0n) is 25.7. The van der Waals surface area contributed by atoms with Crippen molar-refractivity contribution in [3.63, 3.8) is 0 Å². The summed E-state index contributed by atoms with van der Waals surface area (Å²) in [5.41, 5.74) is 4.45. The number of halogens is 2. The number of rotatable bonds is 7. The molecule has 1 N–H and O–H groups in total. The summed E-state index contributed by atoms with van der Waals surface area (Å²) in [5.74, 6) is -0.473. The molecule has 0 spiro atoms. The molecular weight excluding hydrogens is 636 g/mol. The molecule has 5 nitrogen and oxygen atoms in total. The maximum absolute atomic E-state index is 14.7. The van der Waals surface area contributed by atoms with Crippen LogP contribution in [0.25, 0.3) is 27.7 Å². The van der Waals surface area contributed by atoms with Gasteiger partial charge in [0.25, 0.3) is 5.91 Å². The fourth-order valence-corrected chi connectivity index (χ4v) is 6.67. The Labute approximate surface area is 273 Å². The van der Waals surface area contributed by atoms with Crippen LogP contribution in [0.4, 0.5) is 0 Å². The molecule has 0 unspecified atom stereocenters. The number of fused-ring (bicyclic) bond motifs is 1. The Hall–Kier alpha value is -3.48. The fraction of sp³-hybridized carbons (Fsp3) is 0.324. The molecular formula is C37H38BrClN2O3. The van der Waals surface area contributed by atoms with E-state index in [-0.39, 0.29) is 18.3 Å². The number of hydrogen-bond donors (Lipinski definition) is 1. The number of nitrogens with one attached hydrogen (secondary N) is 1. The number of hydrogen-bond acceptors (Lipinski definition) is 4. The van der Waals surface area contributed by atoms with Gasteiger partial charge in [0.2, 0.25) is 0 Å². The first-order chi connectivity index (χ1) is 21.0. The van der Waals surface area contributed by atoms with E-state index in [0.717, 1.165) is 75.4 Å². The first-order valence-corrected chi connectivity index (χ1v) is 16.3. The average molecular weight is 674 g/mol. The second-order valence-corrected chi connectivity index (χ2v) is 13.9. The van der Waals surface area contributed by atoms with Gasteiger partial charge in [-0.1, -0.05) is 95.3 Å². The van der Waals surface area contributed by atoms with Crippen molar-refractivity contribution in [1.82, 2.24) is 10.3 Å². The molecule has 4 aromatic rings. The molecule has 44 heavy (non-hydrogen) atoms. The van der Waals surface area contributed by atoms with Gasteiger partial charge in [-0.2, -0.15) is 0 Å². The summed E-state index contributed by atoms with van der Waals surface area (Å²) in [6, 6.07) is 23.4. The summed E-state index contributed by atoms with van der Waals surface area (Å²) in [6.07, 6.45) is 6.52. The summed E-state index contributed by atoms with van der Waals surface area (Å²) < 4.78 is 6.52.